The van der Waals surface area contributed by atoms with Gasteiger partial charge in [0.05, 0.1) is 15.5 Å². The van der Waals surface area contributed by atoms with E-state index in [9.17, 15) is 14.9 Å². The molecule has 2 rings (SSSR count). The molecule has 0 aliphatic rings. The summed E-state index contributed by atoms with van der Waals surface area (Å²) in [6, 6.07) is 12.9. The zero-order valence-electron chi connectivity index (χ0n) is 11.6. The van der Waals surface area contributed by atoms with Crippen LogP contribution in [0.5, 0.6) is 0 Å². The molecule has 2 aromatic carbocycles. The molecule has 6 nitrogen and oxygen atoms in total. The van der Waals surface area contributed by atoms with E-state index < -0.39 is 4.92 Å². The monoisotopic (exact) mass is 319 g/mol. The van der Waals surface area contributed by atoms with Gasteiger partial charge in [-0.15, -0.1) is 0 Å². The third kappa shape index (κ3) is 4.20. The van der Waals surface area contributed by atoms with E-state index in [2.05, 4.69) is 10.6 Å². The summed E-state index contributed by atoms with van der Waals surface area (Å²) in [4.78, 5) is 22.0. The van der Waals surface area contributed by atoms with E-state index in [0.717, 1.165) is 5.69 Å². The van der Waals surface area contributed by atoms with Crippen molar-refractivity contribution in [1.29, 1.82) is 0 Å². The number of amides is 1. The highest BCUT2D eigenvalue weighted by Gasteiger charge is 2.08. The first-order valence-corrected chi connectivity index (χ1v) is 6.97. The average molecular weight is 320 g/mol. The maximum Gasteiger partial charge on any atom is 0.269 e. The van der Waals surface area contributed by atoms with E-state index in [1.165, 1.54) is 12.1 Å². The van der Waals surface area contributed by atoms with Crippen molar-refractivity contribution in [2.75, 3.05) is 18.4 Å². The third-order valence-electron chi connectivity index (χ3n) is 2.94. The number of nitrogens with zero attached hydrogens (tertiary/aromatic N) is 1. The van der Waals surface area contributed by atoms with Crippen LogP contribution in [0.15, 0.2) is 48.5 Å². The van der Waals surface area contributed by atoms with E-state index in [1.54, 1.807) is 36.4 Å². The van der Waals surface area contributed by atoms with Crippen molar-refractivity contribution < 1.29 is 9.72 Å². The molecule has 22 heavy (non-hydrogen) atoms. The lowest BCUT2D eigenvalue weighted by molar-refractivity contribution is -0.384. The smallest absolute Gasteiger partial charge is 0.269 e. The fourth-order valence-electron chi connectivity index (χ4n) is 1.82. The molecule has 0 fully saturated rings. The van der Waals surface area contributed by atoms with Crippen molar-refractivity contribution in [2.24, 2.45) is 0 Å². The van der Waals surface area contributed by atoms with Crippen LogP contribution in [0.4, 0.5) is 11.4 Å². The highest BCUT2D eigenvalue weighted by Crippen LogP contribution is 2.15. The van der Waals surface area contributed by atoms with Crippen LogP contribution < -0.4 is 10.6 Å². The number of non-ortho nitro benzene ring substituents is 1. The summed E-state index contributed by atoms with van der Waals surface area (Å²) >= 11 is 5.94. The Kier molecular flexibility index (Phi) is 5.32. The predicted octanol–water partition coefficient (Wildman–Crippen LogP) is 3.09. The quantitative estimate of drug-likeness (QED) is 0.487. The Balaban J connectivity index is 1.78. The van der Waals surface area contributed by atoms with E-state index >= 15 is 0 Å². The Labute approximate surface area is 132 Å². The van der Waals surface area contributed by atoms with Crippen LogP contribution in [0, 0.1) is 10.1 Å². The second-order valence-electron chi connectivity index (χ2n) is 4.47. The Morgan fingerprint density at radius 1 is 1.09 bits per heavy atom. The Morgan fingerprint density at radius 3 is 2.41 bits per heavy atom. The van der Waals surface area contributed by atoms with Crippen LogP contribution in [0.2, 0.25) is 5.02 Å². The number of nitro groups is 1. The van der Waals surface area contributed by atoms with Crippen LogP contribution in [-0.4, -0.2) is 23.9 Å². The van der Waals surface area contributed by atoms with E-state index in [1.807, 2.05) is 0 Å². The van der Waals surface area contributed by atoms with Crippen LogP contribution in [0.1, 0.15) is 10.4 Å². The van der Waals surface area contributed by atoms with Crippen molar-refractivity contribution in [1.82, 2.24) is 5.32 Å². The molecule has 0 saturated carbocycles. The fourth-order valence-corrected chi connectivity index (χ4v) is 2.05. The number of rotatable bonds is 6. The minimum absolute atomic E-state index is 0.0394. The highest BCUT2D eigenvalue weighted by atomic mass is 35.5. The Morgan fingerprint density at radius 2 is 1.77 bits per heavy atom. The first-order chi connectivity index (χ1) is 10.6. The number of nitrogens with one attached hydrogen (secondary N) is 2. The first-order valence-electron chi connectivity index (χ1n) is 6.59. The topological polar surface area (TPSA) is 84.3 Å². The van der Waals surface area contributed by atoms with Gasteiger partial charge in [-0.25, -0.2) is 0 Å². The van der Waals surface area contributed by atoms with Gasteiger partial charge >= 0.3 is 0 Å². The van der Waals surface area contributed by atoms with Gasteiger partial charge < -0.3 is 10.6 Å². The van der Waals surface area contributed by atoms with Gasteiger partial charge in [0.1, 0.15) is 0 Å². The molecule has 0 aromatic heterocycles. The molecule has 0 aliphatic carbocycles. The van der Waals surface area contributed by atoms with Gasteiger partial charge in [-0.3, -0.25) is 14.9 Å². The number of carbonyl (C=O) groups excluding carboxylic acids is 1. The van der Waals surface area contributed by atoms with Crippen molar-refractivity contribution in [2.45, 2.75) is 0 Å². The number of nitro benzene ring substituents is 1. The number of anilines is 1. The molecule has 0 spiro atoms. The summed E-state index contributed by atoms with van der Waals surface area (Å²) in [6.07, 6.45) is 0. The summed E-state index contributed by atoms with van der Waals surface area (Å²) < 4.78 is 0. The number of halogens is 1. The van der Waals surface area contributed by atoms with Crippen molar-refractivity contribution in [3.05, 3.63) is 69.2 Å². The zero-order chi connectivity index (χ0) is 15.9. The predicted molar refractivity (Wildman–Crippen MR) is 85.4 cm³/mol. The molecule has 1 amide bonds. The second kappa shape index (κ2) is 7.42. The van der Waals surface area contributed by atoms with Gasteiger partial charge in [-0.2, -0.15) is 0 Å². The first kappa shape index (κ1) is 15.8. The summed E-state index contributed by atoms with van der Waals surface area (Å²) in [5.41, 5.74) is 1.22. The molecule has 0 heterocycles. The molecule has 114 valence electrons. The molecule has 0 atom stereocenters. The van der Waals surface area contributed by atoms with Crippen LogP contribution in [0.3, 0.4) is 0 Å². The minimum atomic E-state index is -0.451. The summed E-state index contributed by atoms with van der Waals surface area (Å²) in [5, 5.41) is 16.7. The molecule has 2 N–H and O–H groups in total. The molecular weight excluding hydrogens is 306 g/mol. The molecule has 7 heteroatoms. The molecule has 0 unspecified atom stereocenters. The molecule has 0 radical (unpaired) electrons. The van der Waals surface area contributed by atoms with Gasteiger partial charge in [0, 0.05) is 30.9 Å². The van der Waals surface area contributed by atoms with E-state index in [-0.39, 0.29) is 11.6 Å². The second-order valence-corrected chi connectivity index (χ2v) is 4.87. The maximum atomic E-state index is 11.9. The van der Waals surface area contributed by atoms with Crippen molar-refractivity contribution in [3.63, 3.8) is 0 Å². The zero-order valence-corrected chi connectivity index (χ0v) is 12.3. The lowest BCUT2D eigenvalue weighted by Crippen LogP contribution is -2.28. The van der Waals surface area contributed by atoms with Crippen LogP contribution >= 0.6 is 11.6 Å². The summed E-state index contributed by atoms with van der Waals surface area (Å²) in [6.45, 7) is 0.898. The third-order valence-corrected chi connectivity index (χ3v) is 3.27. The van der Waals surface area contributed by atoms with Crippen LogP contribution in [0.25, 0.3) is 0 Å². The van der Waals surface area contributed by atoms with Gasteiger partial charge in [-0.05, 0) is 24.3 Å². The van der Waals surface area contributed by atoms with Gasteiger partial charge in [0.25, 0.3) is 11.6 Å². The number of benzene rings is 2. The summed E-state index contributed by atoms with van der Waals surface area (Å²) in [5.74, 6) is -0.240. The molecule has 0 saturated heterocycles. The van der Waals surface area contributed by atoms with Gasteiger partial charge in [0.2, 0.25) is 0 Å². The standard InChI is InChI=1S/C15H14ClN3O3/c16-14-4-2-1-3-13(14)15(20)18-10-9-17-11-5-7-12(8-6-11)19(21)22/h1-8,17H,9-10H2,(H,18,20). The van der Waals surface area contributed by atoms with E-state index in [4.69, 9.17) is 11.6 Å². The Bertz CT molecular complexity index is 674. The van der Waals surface area contributed by atoms with Gasteiger partial charge in [-0.1, -0.05) is 23.7 Å². The van der Waals surface area contributed by atoms with Crippen LogP contribution in [-0.2, 0) is 0 Å². The Hall–Kier alpha value is -2.60. The fraction of sp³-hybridized carbons (Fsp3) is 0.133. The highest BCUT2D eigenvalue weighted by molar-refractivity contribution is 6.33. The summed E-state index contributed by atoms with van der Waals surface area (Å²) in [7, 11) is 0. The SMILES string of the molecule is O=C(NCCNc1ccc([N+](=O)[O-])cc1)c1ccccc1Cl. The largest absolute Gasteiger partial charge is 0.383 e. The van der Waals surface area contributed by atoms with Gasteiger partial charge in [0.15, 0.2) is 0 Å². The molecule has 0 bridgehead atoms. The number of hydrogen-bond donors (Lipinski definition) is 2. The molecular formula is C15H14ClN3O3. The molecule has 0 aliphatic heterocycles. The maximum absolute atomic E-state index is 11.9. The van der Waals surface area contributed by atoms with Crippen molar-refractivity contribution in [3.8, 4) is 0 Å². The average Bonchev–Trinajstić information content (AvgIpc) is 2.52. The number of hydrogen-bond acceptors (Lipinski definition) is 4. The molecule has 2 aromatic rings. The lowest BCUT2D eigenvalue weighted by Gasteiger charge is -2.08. The number of carbonyl (C=O) groups is 1. The minimum Gasteiger partial charge on any atom is -0.383 e. The lowest BCUT2D eigenvalue weighted by atomic mass is 10.2. The van der Waals surface area contributed by atoms with Crippen molar-refractivity contribution >= 4 is 28.9 Å². The van der Waals surface area contributed by atoms with E-state index in [0.29, 0.717) is 23.7 Å². The normalized spacial score (nSPS) is 10.0.